The number of nitrogens with zero attached hydrogens (tertiary/aromatic N) is 1. The number of esters is 1. The highest BCUT2D eigenvalue weighted by atomic mass is 32.1. The highest BCUT2D eigenvalue weighted by Crippen LogP contribution is 2.36. The number of rotatable bonds is 6. The van der Waals surface area contributed by atoms with Gasteiger partial charge in [0.1, 0.15) is 11.0 Å². The average Bonchev–Trinajstić information content (AvgIpc) is 3.23. The van der Waals surface area contributed by atoms with Crippen molar-refractivity contribution in [3.63, 3.8) is 0 Å². The third kappa shape index (κ3) is 4.49. The molecule has 31 heavy (non-hydrogen) atoms. The molecule has 5 nitrogen and oxygen atoms in total. The number of carbonyl (C=O) groups excluding carboxylic acids is 2. The topological polar surface area (TPSA) is 58.6 Å². The van der Waals surface area contributed by atoms with Gasteiger partial charge in [-0.1, -0.05) is 48.5 Å². The van der Waals surface area contributed by atoms with E-state index in [2.05, 4.69) is 22.3 Å². The van der Waals surface area contributed by atoms with Crippen LogP contribution in [0.2, 0.25) is 0 Å². The smallest absolute Gasteiger partial charge is 0.341 e. The fourth-order valence-corrected chi connectivity index (χ4v) is 4.97. The molecule has 0 unspecified atom stereocenters. The van der Waals surface area contributed by atoms with Crippen molar-refractivity contribution in [2.75, 3.05) is 23.4 Å². The molecule has 4 rings (SSSR count). The number of nitrogens with one attached hydrogen (secondary N) is 1. The van der Waals surface area contributed by atoms with Gasteiger partial charge in [0.25, 0.3) is 0 Å². The first kappa shape index (κ1) is 21.1. The number of fused-ring (bicyclic) bond motifs is 1. The second-order valence-corrected chi connectivity index (χ2v) is 8.58. The lowest BCUT2D eigenvalue weighted by Gasteiger charge is -2.35. The van der Waals surface area contributed by atoms with Crippen LogP contribution in [0.3, 0.4) is 0 Å². The number of anilines is 2. The highest BCUT2D eigenvalue weighted by molar-refractivity contribution is 7.20. The fourth-order valence-electron chi connectivity index (χ4n) is 3.91. The molecule has 1 N–H and O–H groups in total. The van der Waals surface area contributed by atoms with Gasteiger partial charge >= 0.3 is 5.97 Å². The van der Waals surface area contributed by atoms with Gasteiger partial charge in [-0.05, 0) is 49.9 Å². The van der Waals surface area contributed by atoms with Crippen molar-refractivity contribution in [1.29, 1.82) is 0 Å². The summed E-state index contributed by atoms with van der Waals surface area (Å²) in [4.78, 5) is 28.8. The molecule has 0 aliphatic carbocycles. The maximum absolute atomic E-state index is 13.2. The van der Waals surface area contributed by atoms with Crippen LogP contribution in [-0.4, -0.2) is 31.1 Å². The number of hydrogen-bond donors (Lipinski definition) is 1. The molecule has 3 aromatic rings. The Balaban J connectivity index is 1.60. The summed E-state index contributed by atoms with van der Waals surface area (Å²) in [6, 6.07) is 19.5. The van der Waals surface area contributed by atoms with Crippen molar-refractivity contribution >= 4 is 33.9 Å². The van der Waals surface area contributed by atoms with E-state index in [1.54, 1.807) is 13.0 Å². The number of benzene rings is 2. The van der Waals surface area contributed by atoms with Crippen molar-refractivity contribution in [3.05, 3.63) is 71.8 Å². The highest BCUT2D eigenvalue weighted by Gasteiger charge is 2.28. The summed E-state index contributed by atoms with van der Waals surface area (Å²) < 4.78 is 5.23. The van der Waals surface area contributed by atoms with Gasteiger partial charge in [-0.25, -0.2) is 4.79 Å². The number of thiophene rings is 1. The molecule has 0 fully saturated rings. The van der Waals surface area contributed by atoms with Crippen molar-refractivity contribution in [1.82, 2.24) is 0 Å². The van der Waals surface area contributed by atoms with Gasteiger partial charge in [0, 0.05) is 17.1 Å². The first-order chi connectivity index (χ1) is 15.1. The van der Waals surface area contributed by atoms with Crippen LogP contribution in [0.5, 0.6) is 0 Å². The minimum Gasteiger partial charge on any atom is -0.462 e. The van der Waals surface area contributed by atoms with E-state index in [0.717, 1.165) is 35.5 Å². The fraction of sp³-hybridized carbons (Fsp3) is 0.280. The van der Waals surface area contributed by atoms with E-state index >= 15 is 0 Å². The SMILES string of the molecule is CCOC(=O)c1cc(-c2ccccc2)sc1NC(=O)[C@@H](C)N1CCCc2ccccc21. The predicted molar refractivity (Wildman–Crippen MR) is 126 cm³/mol. The lowest BCUT2D eigenvalue weighted by Crippen LogP contribution is -2.44. The molecule has 0 saturated carbocycles. The van der Waals surface area contributed by atoms with E-state index in [4.69, 9.17) is 4.74 Å². The van der Waals surface area contributed by atoms with Crippen molar-refractivity contribution < 1.29 is 14.3 Å². The lowest BCUT2D eigenvalue weighted by atomic mass is 10.00. The Morgan fingerprint density at radius 1 is 1.13 bits per heavy atom. The predicted octanol–water partition coefficient (Wildman–Crippen LogP) is 5.37. The summed E-state index contributed by atoms with van der Waals surface area (Å²) >= 11 is 1.39. The van der Waals surface area contributed by atoms with E-state index in [9.17, 15) is 9.59 Å². The molecule has 0 saturated heterocycles. The Kier molecular flexibility index (Phi) is 6.37. The van der Waals surface area contributed by atoms with Crippen molar-refractivity contribution in [3.8, 4) is 10.4 Å². The number of amides is 1. The zero-order chi connectivity index (χ0) is 21.8. The van der Waals surface area contributed by atoms with Gasteiger partial charge in [-0.3, -0.25) is 4.79 Å². The molecule has 2 heterocycles. The van der Waals surface area contributed by atoms with Gasteiger partial charge in [0.05, 0.1) is 12.2 Å². The quantitative estimate of drug-likeness (QED) is 0.530. The molecule has 2 aromatic carbocycles. The summed E-state index contributed by atoms with van der Waals surface area (Å²) in [6.07, 6.45) is 2.04. The largest absolute Gasteiger partial charge is 0.462 e. The number of hydrogen-bond acceptors (Lipinski definition) is 5. The van der Waals surface area contributed by atoms with Crippen LogP contribution >= 0.6 is 11.3 Å². The number of carbonyl (C=O) groups is 2. The summed E-state index contributed by atoms with van der Waals surface area (Å²) in [5.41, 5.74) is 3.77. The molecule has 6 heteroatoms. The Morgan fingerprint density at radius 2 is 1.87 bits per heavy atom. The minimum absolute atomic E-state index is 0.135. The molecule has 1 aliphatic heterocycles. The first-order valence-corrected chi connectivity index (χ1v) is 11.4. The molecule has 1 amide bonds. The molecule has 1 atom stereocenters. The van der Waals surface area contributed by atoms with Gasteiger partial charge in [0.15, 0.2) is 0 Å². The summed E-state index contributed by atoms with van der Waals surface area (Å²) in [6.45, 7) is 4.80. The minimum atomic E-state index is -0.424. The maximum atomic E-state index is 13.2. The second-order valence-electron chi connectivity index (χ2n) is 7.53. The monoisotopic (exact) mass is 434 g/mol. The molecule has 160 valence electrons. The molecular weight excluding hydrogens is 408 g/mol. The Hall–Kier alpha value is -3.12. The van der Waals surface area contributed by atoms with Crippen LogP contribution in [-0.2, 0) is 16.0 Å². The van der Waals surface area contributed by atoms with Crippen LogP contribution in [0.1, 0.15) is 36.2 Å². The molecule has 0 spiro atoms. The van der Waals surface area contributed by atoms with E-state index < -0.39 is 5.97 Å². The molecular formula is C25H26N2O3S. The van der Waals surface area contributed by atoms with E-state index in [-0.39, 0.29) is 18.6 Å². The van der Waals surface area contributed by atoms with Crippen LogP contribution in [0.15, 0.2) is 60.7 Å². The Morgan fingerprint density at radius 3 is 2.65 bits per heavy atom. The molecule has 0 radical (unpaired) electrons. The van der Waals surface area contributed by atoms with Gasteiger partial charge in [-0.2, -0.15) is 0 Å². The summed E-state index contributed by atoms with van der Waals surface area (Å²) in [5, 5.41) is 3.53. The zero-order valence-corrected chi connectivity index (χ0v) is 18.6. The van der Waals surface area contributed by atoms with Gasteiger partial charge < -0.3 is 15.0 Å². The van der Waals surface area contributed by atoms with E-state index in [1.807, 2.05) is 49.4 Å². The van der Waals surface area contributed by atoms with Crippen LogP contribution in [0.25, 0.3) is 10.4 Å². The number of ether oxygens (including phenoxy) is 1. The standard InChI is InChI=1S/C25H26N2O3S/c1-3-30-25(29)20-16-22(19-11-5-4-6-12-19)31-24(20)26-23(28)17(2)27-15-9-13-18-10-7-8-14-21(18)27/h4-8,10-12,14,16-17H,3,9,13,15H2,1-2H3,(H,26,28)/t17-/m1/s1. The second kappa shape index (κ2) is 9.35. The van der Waals surface area contributed by atoms with Crippen molar-refractivity contribution in [2.45, 2.75) is 32.7 Å². The lowest BCUT2D eigenvalue weighted by molar-refractivity contribution is -0.117. The molecule has 0 bridgehead atoms. The first-order valence-electron chi connectivity index (χ1n) is 10.6. The summed E-state index contributed by atoms with van der Waals surface area (Å²) in [5.74, 6) is -0.559. The number of aryl methyl sites for hydroxylation is 1. The van der Waals surface area contributed by atoms with Crippen molar-refractivity contribution in [2.24, 2.45) is 0 Å². The van der Waals surface area contributed by atoms with Crippen LogP contribution < -0.4 is 10.2 Å². The average molecular weight is 435 g/mol. The molecule has 1 aromatic heterocycles. The normalized spacial score (nSPS) is 13.9. The van der Waals surface area contributed by atoms with Crippen LogP contribution in [0, 0.1) is 0 Å². The van der Waals surface area contributed by atoms with Gasteiger partial charge in [0.2, 0.25) is 5.91 Å². The molecule has 1 aliphatic rings. The Labute approximate surface area is 186 Å². The van der Waals surface area contributed by atoms with Crippen LogP contribution in [0.4, 0.5) is 10.7 Å². The van der Waals surface area contributed by atoms with E-state index in [1.165, 1.54) is 16.9 Å². The Bertz CT molecular complexity index is 1080. The van der Waals surface area contributed by atoms with E-state index in [0.29, 0.717) is 10.6 Å². The third-order valence-electron chi connectivity index (χ3n) is 5.52. The third-order valence-corrected chi connectivity index (χ3v) is 6.62. The summed E-state index contributed by atoms with van der Waals surface area (Å²) in [7, 11) is 0. The number of para-hydroxylation sites is 1. The maximum Gasteiger partial charge on any atom is 0.341 e. The zero-order valence-electron chi connectivity index (χ0n) is 17.8. The van der Waals surface area contributed by atoms with Gasteiger partial charge in [-0.15, -0.1) is 11.3 Å².